The number of non-ortho nitro benzene ring substituents is 1. The van der Waals surface area contributed by atoms with Gasteiger partial charge >= 0.3 is 0 Å². The van der Waals surface area contributed by atoms with Crippen molar-refractivity contribution in [2.24, 2.45) is 0 Å². The fraction of sp³-hybridized carbons (Fsp3) is 0.316. The predicted octanol–water partition coefficient (Wildman–Crippen LogP) is 2.44. The van der Waals surface area contributed by atoms with Gasteiger partial charge in [0, 0.05) is 38.6 Å². The number of nitro groups is 1. The molecule has 0 spiro atoms. The van der Waals surface area contributed by atoms with Crippen molar-refractivity contribution in [1.29, 1.82) is 0 Å². The van der Waals surface area contributed by atoms with Gasteiger partial charge in [-0.15, -0.1) is 0 Å². The van der Waals surface area contributed by atoms with Gasteiger partial charge in [-0.3, -0.25) is 14.9 Å². The van der Waals surface area contributed by atoms with Gasteiger partial charge in [0.05, 0.1) is 16.9 Å². The summed E-state index contributed by atoms with van der Waals surface area (Å²) < 4.78 is 5.73. The molecule has 6 nitrogen and oxygen atoms in total. The number of ether oxygens (including phenoxy) is 1. The third-order valence-corrected chi connectivity index (χ3v) is 4.70. The van der Waals surface area contributed by atoms with Crippen LogP contribution in [0.25, 0.3) is 0 Å². The van der Waals surface area contributed by atoms with Gasteiger partial charge in [0.25, 0.3) is 5.69 Å². The van der Waals surface area contributed by atoms with Crippen molar-refractivity contribution < 1.29 is 14.5 Å². The molecule has 1 aliphatic rings. The van der Waals surface area contributed by atoms with E-state index >= 15 is 0 Å². The van der Waals surface area contributed by atoms with E-state index in [4.69, 9.17) is 4.74 Å². The van der Waals surface area contributed by atoms with Gasteiger partial charge < -0.3 is 10.1 Å². The van der Waals surface area contributed by atoms with Crippen LogP contribution in [0.2, 0.25) is 0 Å². The van der Waals surface area contributed by atoms with Crippen LogP contribution in [-0.2, 0) is 28.8 Å². The maximum atomic E-state index is 12.2. The van der Waals surface area contributed by atoms with Crippen molar-refractivity contribution in [2.45, 2.75) is 24.9 Å². The van der Waals surface area contributed by atoms with Crippen LogP contribution < -0.4 is 5.32 Å². The normalized spacial score (nSPS) is 14.8. The summed E-state index contributed by atoms with van der Waals surface area (Å²) in [6, 6.07) is 14.2. The molecule has 0 radical (unpaired) electrons. The van der Waals surface area contributed by atoms with E-state index in [0.717, 1.165) is 18.4 Å². The number of hydrogen-bond donors (Lipinski definition) is 1. The van der Waals surface area contributed by atoms with Crippen molar-refractivity contribution in [3.05, 3.63) is 75.3 Å². The monoisotopic (exact) mass is 340 g/mol. The lowest BCUT2D eigenvalue weighted by Gasteiger charge is -2.27. The molecular weight excluding hydrogens is 320 g/mol. The zero-order valence-corrected chi connectivity index (χ0v) is 14.0. The first-order valence-electron chi connectivity index (χ1n) is 8.13. The van der Waals surface area contributed by atoms with Gasteiger partial charge in [-0.2, -0.15) is 0 Å². The van der Waals surface area contributed by atoms with E-state index in [9.17, 15) is 14.9 Å². The van der Waals surface area contributed by atoms with E-state index in [1.165, 1.54) is 23.3 Å². The average Bonchev–Trinajstić information content (AvgIpc) is 3.00. The Hall–Kier alpha value is -2.73. The lowest BCUT2D eigenvalue weighted by Crippen LogP contribution is -2.45. The second-order valence-electron chi connectivity index (χ2n) is 6.39. The third-order valence-electron chi connectivity index (χ3n) is 4.70. The highest BCUT2D eigenvalue weighted by Gasteiger charge is 2.37. The number of methoxy groups -OCH3 is 1. The van der Waals surface area contributed by atoms with E-state index in [0.29, 0.717) is 6.54 Å². The first-order chi connectivity index (χ1) is 12.0. The first kappa shape index (κ1) is 17.1. The number of carbonyl (C=O) groups excluding carboxylic acids is 1. The van der Waals surface area contributed by atoms with Crippen molar-refractivity contribution >= 4 is 11.6 Å². The molecule has 130 valence electrons. The molecule has 2 aromatic rings. The topological polar surface area (TPSA) is 81.5 Å². The zero-order chi connectivity index (χ0) is 17.9. The Labute approximate surface area is 146 Å². The van der Waals surface area contributed by atoms with E-state index in [1.54, 1.807) is 19.2 Å². The molecule has 0 bridgehead atoms. The number of hydrogen-bond acceptors (Lipinski definition) is 4. The van der Waals surface area contributed by atoms with E-state index < -0.39 is 10.5 Å². The highest BCUT2D eigenvalue weighted by Crippen LogP contribution is 2.32. The highest BCUT2D eigenvalue weighted by molar-refractivity contribution is 5.78. The van der Waals surface area contributed by atoms with Gasteiger partial charge in [0.1, 0.15) is 0 Å². The summed E-state index contributed by atoms with van der Waals surface area (Å²) in [6.07, 6.45) is 1.74. The largest absolute Gasteiger partial charge is 0.376 e. The molecule has 1 amide bonds. The van der Waals surface area contributed by atoms with Crippen LogP contribution in [0.1, 0.15) is 16.7 Å². The van der Waals surface area contributed by atoms with Gasteiger partial charge in [-0.25, -0.2) is 0 Å². The Morgan fingerprint density at radius 1 is 1.16 bits per heavy atom. The van der Waals surface area contributed by atoms with Crippen molar-refractivity contribution in [3.8, 4) is 0 Å². The molecule has 1 aliphatic carbocycles. The second-order valence-corrected chi connectivity index (χ2v) is 6.39. The van der Waals surface area contributed by atoms with E-state index in [2.05, 4.69) is 17.4 Å². The zero-order valence-electron chi connectivity index (χ0n) is 14.0. The number of nitro benzene ring substituents is 1. The van der Waals surface area contributed by atoms with Crippen LogP contribution in [0, 0.1) is 10.1 Å². The van der Waals surface area contributed by atoms with Crippen molar-refractivity contribution in [2.75, 3.05) is 13.7 Å². The Kier molecular flexibility index (Phi) is 4.81. The molecule has 6 heteroatoms. The Balaban J connectivity index is 1.57. The molecule has 0 aromatic heterocycles. The van der Waals surface area contributed by atoms with Gasteiger partial charge in [0.15, 0.2) is 0 Å². The van der Waals surface area contributed by atoms with E-state index in [-0.39, 0.29) is 18.0 Å². The predicted molar refractivity (Wildman–Crippen MR) is 93.4 cm³/mol. The molecular formula is C19H20N2O4. The number of carbonyl (C=O) groups is 1. The van der Waals surface area contributed by atoms with Gasteiger partial charge in [-0.1, -0.05) is 36.4 Å². The Morgan fingerprint density at radius 2 is 1.76 bits per heavy atom. The number of amides is 1. The van der Waals surface area contributed by atoms with Crippen LogP contribution in [0.4, 0.5) is 5.69 Å². The number of benzene rings is 2. The second kappa shape index (κ2) is 7.03. The lowest BCUT2D eigenvalue weighted by atomic mass is 10.00. The number of fused-ring (bicyclic) bond motifs is 1. The van der Waals surface area contributed by atoms with Gasteiger partial charge in [-0.05, 0) is 16.7 Å². The molecule has 2 aromatic carbocycles. The van der Waals surface area contributed by atoms with Gasteiger partial charge in [0.2, 0.25) is 5.91 Å². The van der Waals surface area contributed by atoms with Crippen LogP contribution in [0.3, 0.4) is 0 Å². The minimum atomic E-state index is -0.454. The smallest absolute Gasteiger partial charge is 0.269 e. The SMILES string of the molecule is COC1(CNC(=O)Cc2ccc([N+](=O)[O-])cc2)Cc2ccccc2C1. The fourth-order valence-corrected chi connectivity index (χ4v) is 3.24. The molecule has 0 unspecified atom stereocenters. The maximum Gasteiger partial charge on any atom is 0.269 e. The molecule has 3 rings (SSSR count). The maximum absolute atomic E-state index is 12.2. The summed E-state index contributed by atoms with van der Waals surface area (Å²) in [5.74, 6) is -0.124. The molecule has 0 aliphatic heterocycles. The fourth-order valence-electron chi connectivity index (χ4n) is 3.24. The number of rotatable bonds is 6. The Morgan fingerprint density at radius 3 is 2.28 bits per heavy atom. The molecule has 0 saturated heterocycles. The minimum absolute atomic E-state index is 0.0196. The average molecular weight is 340 g/mol. The summed E-state index contributed by atoms with van der Waals surface area (Å²) in [5.41, 5.74) is 2.87. The van der Waals surface area contributed by atoms with Crippen LogP contribution >= 0.6 is 0 Å². The minimum Gasteiger partial charge on any atom is -0.376 e. The number of nitrogens with zero attached hydrogens (tertiary/aromatic N) is 1. The molecule has 0 saturated carbocycles. The summed E-state index contributed by atoms with van der Waals surface area (Å²) in [7, 11) is 1.67. The molecule has 1 N–H and O–H groups in total. The van der Waals surface area contributed by atoms with Crippen LogP contribution in [0.15, 0.2) is 48.5 Å². The van der Waals surface area contributed by atoms with Crippen LogP contribution in [0.5, 0.6) is 0 Å². The van der Waals surface area contributed by atoms with E-state index in [1.807, 2.05) is 12.1 Å². The molecule has 0 fully saturated rings. The Bertz CT molecular complexity index is 761. The summed E-state index contributed by atoms with van der Waals surface area (Å²) in [4.78, 5) is 22.4. The third kappa shape index (κ3) is 3.85. The molecule has 0 atom stereocenters. The molecule has 0 heterocycles. The summed E-state index contributed by atoms with van der Waals surface area (Å²) in [6.45, 7) is 0.435. The quantitative estimate of drug-likeness (QED) is 0.647. The summed E-state index contributed by atoms with van der Waals surface area (Å²) >= 11 is 0. The van der Waals surface area contributed by atoms with Crippen molar-refractivity contribution in [1.82, 2.24) is 5.32 Å². The summed E-state index contributed by atoms with van der Waals surface area (Å²) in [5, 5.41) is 13.6. The standard InChI is InChI=1S/C19H20N2O4/c1-25-19(11-15-4-2-3-5-16(15)12-19)13-20-18(22)10-14-6-8-17(9-7-14)21(23)24/h2-9H,10-13H2,1H3,(H,20,22). The highest BCUT2D eigenvalue weighted by atomic mass is 16.6. The number of nitrogens with one attached hydrogen (secondary N) is 1. The lowest BCUT2D eigenvalue weighted by molar-refractivity contribution is -0.384. The molecule has 25 heavy (non-hydrogen) atoms. The van der Waals surface area contributed by atoms with Crippen molar-refractivity contribution in [3.63, 3.8) is 0 Å². The first-order valence-corrected chi connectivity index (χ1v) is 8.13. The van der Waals surface area contributed by atoms with Crippen LogP contribution in [-0.4, -0.2) is 30.1 Å².